The predicted octanol–water partition coefficient (Wildman–Crippen LogP) is 8.79. The van der Waals surface area contributed by atoms with Crippen LogP contribution in [0.25, 0.3) is 23.3 Å². The minimum atomic E-state index is -4.47. The third-order valence-corrected chi connectivity index (χ3v) is 6.47. The van der Waals surface area contributed by atoms with E-state index in [9.17, 15) is 18.0 Å². The fourth-order valence-corrected chi connectivity index (χ4v) is 4.40. The Bertz CT molecular complexity index is 1610. The van der Waals surface area contributed by atoms with Gasteiger partial charge in [-0.2, -0.15) is 13.2 Å². The van der Waals surface area contributed by atoms with Gasteiger partial charge in [-0.15, -0.1) is 0 Å². The van der Waals surface area contributed by atoms with Gasteiger partial charge in [-0.05, 0) is 91.2 Å². The number of alkyl halides is 3. The predicted molar refractivity (Wildman–Crippen MR) is 156 cm³/mol. The quantitative estimate of drug-likeness (QED) is 0.232. The van der Waals surface area contributed by atoms with Crippen LogP contribution >= 0.6 is 0 Å². The van der Waals surface area contributed by atoms with Crippen LogP contribution < -0.4 is 14.8 Å². The Kier molecular flexibility index (Phi) is 7.70. The van der Waals surface area contributed by atoms with Crippen molar-refractivity contribution >= 4 is 23.7 Å². The molecule has 0 saturated heterocycles. The first-order valence-corrected chi connectivity index (χ1v) is 13.1. The summed E-state index contributed by atoms with van der Waals surface area (Å²) in [6.45, 7) is 4.20. The number of anilines is 1. The first kappa shape index (κ1) is 27.8. The molecule has 1 aliphatic rings. The van der Waals surface area contributed by atoms with Crippen LogP contribution in [-0.4, -0.2) is 11.5 Å². The Hall–Kier alpha value is -4.78. The van der Waals surface area contributed by atoms with Crippen molar-refractivity contribution in [1.82, 2.24) is 0 Å². The number of ether oxygens (including phenoxy) is 2. The zero-order chi connectivity index (χ0) is 29.0. The second-order valence-electron chi connectivity index (χ2n) is 10.2. The Balaban J connectivity index is 1.33. The molecule has 0 saturated carbocycles. The fraction of sp³-hybridized carbons (Fsp3) is 0.147. The Morgan fingerprint density at radius 2 is 1.71 bits per heavy atom. The lowest BCUT2D eigenvalue weighted by Crippen LogP contribution is -2.27. The van der Waals surface area contributed by atoms with Gasteiger partial charge in [-0.25, -0.2) is 0 Å². The maximum absolute atomic E-state index is 13.4. The molecule has 4 nitrogen and oxygen atoms in total. The van der Waals surface area contributed by atoms with E-state index < -0.39 is 17.3 Å². The molecule has 0 spiro atoms. The average molecular weight is 556 g/mol. The lowest BCUT2D eigenvalue weighted by atomic mass is 9.93. The highest BCUT2D eigenvalue weighted by Crippen LogP contribution is 2.42. The minimum absolute atomic E-state index is 0.353. The van der Waals surface area contributed by atoms with Crippen molar-refractivity contribution < 1.29 is 27.4 Å². The summed E-state index contributed by atoms with van der Waals surface area (Å²) >= 11 is 0. The molecule has 0 fully saturated rings. The maximum atomic E-state index is 13.4. The van der Waals surface area contributed by atoms with E-state index in [0.29, 0.717) is 46.0 Å². The molecule has 1 aliphatic heterocycles. The molecule has 0 bridgehead atoms. The Labute approximate surface area is 236 Å². The number of hydrogen-bond acceptors (Lipinski definition) is 3. The number of carbonyl (C=O) groups excluding carboxylic acids is 1. The number of hydrogen-bond donors (Lipinski definition) is 1. The lowest BCUT2D eigenvalue weighted by Gasteiger charge is -2.30. The molecule has 1 N–H and O–H groups in total. The van der Waals surface area contributed by atoms with E-state index in [1.807, 2.05) is 62.4 Å². The summed E-state index contributed by atoms with van der Waals surface area (Å²) in [5, 5.41) is 2.81. The van der Waals surface area contributed by atoms with Gasteiger partial charge in [0.15, 0.2) is 0 Å². The molecule has 7 heteroatoms. The topological polar surface area (TPSA) is 47.6 Å². The number of nitrogens with one attached hydrogen (secondary N) is 1. The molecule has 4 aromatic rings. The number of rotatable bonds is 7. The molecule has 0 aromatic heterocycles. The van der Waals surface area contributed by atoms with Crippen LogP contribution in [0.2, 0.25) is 0 Å². The monoisotopic (exact) mass is 555 g/mol. The number of fused-ring (bicyclic) bond motifs is 1. The van der Waals surface area contributed by atoms with E-state index in [0.717, 1.165) is 17.7 Å². The molecule has 0 aliphatic carbocycles. The van der Waals surface area contributed by atoms with E-state index in [2.05, 4.69) is 5.32 Å². The van der Waals surface area contributed by atoms with Crippen molar-refractivity contribution in [3.05, 3.63) is 125 Å². The van der Waals surface area contributed by atoms with Crippen LogP contribution in [0.15, 0.2) is 103 Å². The van der Waals surface area contributed by atoms with Crippen molar-refractivity contribution in [1.29, 1.82) is 0 Å². The van der Waals surface area contributed by atoms with Crippen molar-refractivity contribution in [3.63, 3.8) is 0 Å². The molecule has 41 heavy (non-hydrogen) atoms. The summed E-state index contributed by atoms with van der Waals surface area (Å²) in [5.41, 5.74) is 2.52. The van der Waals surface area contributed by atoms with Crippen LogP contribution in [0.3, 0.4) is 0 Å². The summed E-state index contributed by atoms with van der Waals surface area (Å²) < 4.78 is 52.3. The highest BCUT2D eigenvalue weighted by Gasteiger charge is 2.31. The number of carbonyl (C=O) groups is 1. The highest BCUT2D eigenvalue weighted by atomic mass is 19.4. The van der Waals surface area contributed by atoms with Gasteiger partial charge in [0.25, 0.3) is 0 Å². The van der Waals surface area contributed by atoms with E-state index >= 15 is 0 Å². The Morgan fingerprint density at radius 1 is 0.951 bits per heavy atom. The van der Waals surface area contributed by atoms with Crippen LogP contribution in [0, 0.1) is 0 Å². The van der Waals surface area contributed by atoms with Crippen LogP contribution in [0.1, 0.15) is 36.1 Å². The van der Waals surface area contributed by atoms with Gasteiger partial charge in [0.05, 0.1) is 5.56 Å². The van der Waals surface area contributed by atoms with Gasteiger partial charge in [0, 0.05) is 22.9 Å². The van der Waals surface area contributed by atoms with Gasteiger partial charge >= 0.3 is 6.18 Å². The van der Waals surface area contributed by atoms with E-state index in [4.69, 9.17) is 9.47 Å². The molecule has 0 unspecified atom stereocenters. The molecule has 4 aromatic carbocycles. The highest BCUT2D eigenvalue weighted by molar-refractivity contribution is 6.02. The summed E-state index contributed by atoms with van der Waals surface area (Å²) in [6, 6.07) is 25.6. The average Bonchev–Trinajstić information content (AvgIpc) is 2.95. The van der Waals surface area contributed by atoms with Crippen LogP contribution in [0.5, 0.6) is 11.5 Å². The minimum Gasteiger partial charge on any atom is -0.489 e. The third-order valence-electron chi connectivity index (χ3n) is 6.47. The SMILES string of the molecule is CC1(C)C=Cc2cc(/C=C/C(=O)Nc3ccc(OCc4ccccc4)cc3)cc(-c3cccc(C(F)(F)F)c3)c2O1. The maximum Gasteiger partial charge on any atom is 0.416 e. The molecule has 1 amide bonds. The van der Waals surface area contributed by atoms with Crippen molar-refractivity contribution in [2.45, 2.75) is 32.2 Å². The molecule has 208 valence electrons. The molecular weight excluding hydrogens is 527 g/mol. The van der Waals surface area contributed by atoms with Gasteiger partial charge < -0.3 is 14.8 Å². The number of benzene rings is 4. The van der Waals surface area contributed by atoms with E-state index in [1.54, 1.807) is 42.5 Å². The van der Waals surface area contributed by atoms with Gasteiger partial charge in [0.2, 0.25) is 5.91 Å². The zero-order valence-electron chi connectivity index (χ0n) is 22.5. The second kappa shape index (κ2) is 11.4. The largest absolute Gasteiger partial charge is 0.489 e. The lowest BCUT2D eigenvalue weighted by molar-refractivity contribution is -0.137. The summed E-state index contributed by atoms with van der Waals surface area (Å²) in [5.74, 6) is 0.819. The first-order chi connectivity index (χ1) is 19.6. The van der Waals surface area contributed by atoms with Crippen LogP contribution in [0.4, 0.5) is 18.9 Å². The first-order valence-electron chi connectivity index (χ1n) is 13.1. The van der Waals surface area contributed by atoms with Gasteiger partial charge in [0.1, 0.15) is 23.7 Å². The van der Waals surface area contributed by atoms with Gasteiger partial charge in [-0.3, -0.25) is 4.79 Å². The zero-order valence-corrected chi connectivity index (χ0v) is 22.5. The second-order valence-corrected chi connectivity index (χ2v) is 10.2. The van der Waals surface area contributed by atoms with Crippen molar-refractivity contribution in [2.24, 2.45) is 0 Å². The fourth-order valence-electron chi connectivity index (χ4n) is 4.40. The number of halogens is 3. The van der Waals surface area contributed by atoms with E-state index in [-0.39, 0.29) is 5.91 Å². The molecular formula is C34H28F3NO3. The summed E-state index contributed by atoms with van der Waals surface area (Å²) in [7, 11) is 0. The normalized spacial score (nSPS) is 13.9. The van der Waals surface area contributed by atoms with Crippen molar-refractivity contribution in [3.8, 4) is 22.6 Å². The molecule has 0 radical (unpaired) electrons. The van der Waals surface area contributed by atoms with Crippen LogP contribution in [-0.2, 0) is 17.6 Å². The van der Waals surface area contributed by atoms with E-state index in [1.165, 1.54) is 12.1 Å². The standard InChI is InChI=1S/C34H28F3NO3/c1-33(2)18-17-26-19-24(20-30(32(26)41-33)25-9-6-10-27(21-25)34(35,36)37)11-16-31(39)38-28-12-14-29(15-13-28)40-22-23-7-4-3-5-8-23/h3-21H,22H2,1-2H3,(H,38,39)/b16-11+. The summed E-state index contributed by atoms with van der Waals surface area (Å²) in [6.07, 6.45) is 2.30. The third kappa shape index (κ3) is 7.06. The molecule has 0 atom stereocenters. The smallest absolute Gasteiger partial charge is 0.416 e. The Morgan fingerprint density at radius 3 is 2.44 bits per heavy atom. The summed E-state index contributed by atoms with van der Waals surface area (Å²) in [4.78, 5) is 12.7. The van der Waals surface area contributed by atoms with Gasteiger partial charge in [-0.1, -0.05) is 48.5 Å². The molecule has 1 heterocycles. The number of amides is 1. The molecule has 5 rings (SSSR count). The van der Waals surface area contributed by atoms with Crippen molar-refractivity contribution in [2.75, 3.05) is 5.32 Å².